The topological polar surface area (TPSA) is 69.3 Å². The lowest BCUT2D eigenvalue weighted by molar-refractivity contribution is 0.190. The van der Waals surface area contributed by atoms with E-state index >= 15 is 0 Å². The van der Waals surface area contributed by atoms with Gasteiger partial charge in [-0.05, 0) is 23.8 Å². The van der Waals surface area contributed by atoms with E-state index in [1.54, 1.807) is 20.3 Å². The Morgan fingerprint density at radius 3 is 2.23 bits per heavy atom. The smallest absolute Gasteiger partial charge is 0.130 e. The van der Waals surface area contributed by atoms with Crippen molar-refractivity contribution in [2.24, 2.45) is 0 Å². The summed E-state index contributed by atoms with van der Waals surface area (Å²) in [6.07, 6.45) is 1.47. The predicted octanol–water partition coefficient (Wildman–Crippen LogP) is 2.87. The molecule has 0 spiro atoms. The number of allylic oxidation sites excluding steroid dienone is 1. The van der Waals surface area contributed by atoms with Crippen LogP contribution in [0.15, 0.2) is 23.8 Å². The number of hydrogen-bond acceptors (Lipinski definition) is 5. The van der Waals surface area contributed by atoms with Crippen LogP contribution in [0.4, 0.5) is 5.69 Å². The van der Waals surface area contributed by atoms with Gasteiger partial charge in [0.2, 0.25) is 0 Å². The largest absolute Gasteiger partial charge is 0.383 e. The number of nitriles is 2. The molecular formula is C16H18ClN3O2. The van der Waals surface area contributed by atoms with Crippen LogP contribution in [0.1, 0.15) is 5.56 Å². The molecule has 0 radical (unpaired) electrons. The molecule has 0 N–H and O–H groups in total. The van der Waals surface area contributed by atoms with E-state index in [1.807, 2.05) is 24.3 Å². The van der Waals surface area contributed by atoms with Gasteiger partial charge in [-0.3, -0.25) is 0 Å². The van der Waals surface area contributed by atoms with Crippen LogP contribution in [0.5, 0.6) is 0 Å². The van der Waals surface area contributed by atoms with Crippen LogP contribution < -0.4 is 4.90 Å². The minimum Gasteiger partial charge on any atom is -0.383 e. The summed E-state index contributed by atoms with van der Waals surface area (Å²) in [5.74, 6) is 0. The molecule has 0 heterocycles. The van der Waals surface area contributed by atoms with Crippen molar-refractivity contribution < 1.29 is 9.47 Å². The number of hydrogen-bond donors (Lipinski definition) is 0. The number of anilines is 1. The van der Waals surface area contributed by atoms with Gasteiger partial charge >= 0.3 is 0 Å². The summed E-state index contributed by atoms with van der Waals surface area (Å²) in [4.78, 5) is 2.10. The summed E-state index contributed by atoms with van der Waals surface area (Å²) in [5, 5.41) is 18.1. The first-order chi connectivity index (χ1) is 10.7. The van der Waals surface area contributed by atoms with Crippen LogP contribution in [-0.4, -0.2) is 40.5 Å². The van der Waals surface area contributed by atoms with Crippen molar-refractivity contribution in [3.05, 3.63) is 34.4 Å². The molecule has 0 atom stereocenters. The van der Waals surface area contributed by atoms with E-state index in [0.717, 1.165) is 5.69 Å². The molecule has 0 aromatic heterocycles. The van der Waals surface area contributed by atoms with Crippen LogP contribution in [-0.2, 0) is 9.47 Å². The zero-order valence-electron chi connectivity index (χ0n) is 12.7. The number of rotatable bonds is 8. The zero-order chi connectivity index (χ0) is 16.4. The minimum atomic E-state index is 0.0188. The van der Waals surface area contributed by atoms with Crippen molar-refractivity contribution >= 4 is 23.4 Å². The molecule has 5 nitrogen and oxygen atoms in total. The Labute approximate surface area is 135 Å². The molecule has 0 unspecified atom stereocenters. The van der Waals surface area contributed by atoms with Gasteiger partial charge < -0.3 is 14.4 Å². The van der Waals surface area contributed by atoms with Crippen LogP contribution in [0.2, 0.25) is 5.02 Å². The number of nitrogens with zero attached hydrogens (tertiary/aromatic N) is 3. The Balaban J connectivity index is 3.00. The minimum absolute atomic E-state index is 0.0188. The molecule has 1 rings (SSSR count). The SMILES string of the molecule is COCCN(CCOC)c1ccc(C=C(C#N)C#N)c(Cl)c1. The van der Waals surface area contributed by atoms with Crippen molar-refractivity contribution in [1.82, 2.24) is 0 Å². The van der Waals surface area contributed by atoms with E-state index in [4.69, 9.17) is 31.6 Å². The van der Waals surface area contributed by atoms with E-state index in [0.29, 0.717) is 36.9 Å². The summed E-state index contributed by atoms with van der Waals surface area (Å²) >= 11 is 6.25. The Hall–Kier alpha value is -2.05. The summed E-state index contributed by atoms with van der Waals surface area (Å²) in [6.45, 7) is 2.62. The van der Waals surface area contributed by atoms with Crippen LogP contribution >= 0.6 is 11.6 Å². The normalized spacial score (nSPS) is 9.68. The van der Waals surface area contributed by atoms with Crippen molar-refractivity contribution in [3.8, 4) is 12.1 Å². The molecule has 22 heavy (non-hydrogen) atoms. The van der Waals surface area contributed by atoms with Crippen molar-refractivity contribution in [2.75, 3.05) is 45.4 Å². The van der Waals surface area contributed by atoms with Gasteiger partial charge in [-0.15, -0.1) is 0 Å². The molecule has 0 aliphatic rings. The fourth-order valence-corrected chi connectivity index (χ4v) is 2.08. The van der Waals surface area contributed by atoms with Crippen molar-refractivity contribution in [1.29, 1.82) is 10.5 Å². The van der Waals surface area contributed by atoms with E-state index in [9.17, 15) is 0 Å². The molecule has 0 fully saturated rings. The van der Waals surface area contributed by atoms with E-state index in [-0.39, 0.29) is 5.57 Å². The predicted molar refractivity (Wildman–Crippen MR) is 86.6 cm³/mol. The highest BCUT2D eigenvalue weighted by Gasteiger charge is 2.09. The van der Waals surface area contributed by atoms with Gasteiger partial charge in [0.25, 0.3) is 0 Å². The van der Waals surface area contributed by atoms with Crippen molar-refractivity contribution in [2.45, 2.75) is 0 Å². The first-order valence-corrected chi connectivity index (χ1v) is 7.08. The summed E-state index contributed by atoms with van der Waals surface area (Å²) in [6, 6.07) is 9.14. The highest BCUT2D eigenvalue weighted by atomic mass is 35.5. The highest BCUT2D eigenvalue weighted by molar-refractivity contribution is 6.32. The molecule has 0 aliphatic heterocycles. The Bertz CT molecular complexity index is 578. The van der Waals surface area contributed by atoms with E-state index < -0.39 is 0 Å². The standard InChI is InChI=1S/C16H18ClN3O2/c1-21-7-5-20(6-8-22-2)15-4-3-14(16(17)10-15)9-13(11-18)12-19/h3-4,9-10H,5-8H2,1-2H3. The maximum Gasteiger partial charge on any atom is 0.130 e. The third-order valence-corrected chi connectivity index (χ3v) is 3.35. The molecule has 0 amide bonds. The number of ether oxygens (including phenoxy) is 2. The van der Waals surface area contributed by atoms with Crippen LogP contribution in [0, 0.1) is 22.7 Å². The monoisotopic (exact) mass is 319 g/mol. The summed E-state index contributed by atoms with van der Waals surface area (Å²) in [7, 11) is 3.31. The summed E-state index contributed by atoms with van der Waals surface area (Å²) < 4.78 is 10.2. The van der Waals surface area contributed by atoms with Gasteiger partial charge in [0, 0.05) is 38.0 Å². The lowest BCUT2D eigenvalue weighted by atomic mass is 10.1. The van der Waals surface area contributed by atoms with Crippen LogP contribution in [0.3, 0.4) is 0 Å². The van der Waals surface area contributed by atoms with Crippen LogP contribution in [0.25, 0.3) is 6.08 Å². The van der Waals surface area contributed by atoms with Gasteiger partial charge in [-0.1, -0.05) is 17.7 Å². The molecular weight excluding hydrogens is 302 g/mol. The average molecular weight is 320 g/mol. The first-order valence-electron chi connectivity index (χ1n) is 6.70. The fraction of sp³-hybridized carbons (Fsp3) is 0.375. The molecule has 1 aromatic rings. The third kappa shape index (κ3) is 5.38. The van der Waals surface area contributed by atoms with Gasteiger partial charge in [-0.2, -0.15) is 10.5 Å². The molecule has 0 saturated heterocycles. The second-order valence-electron chi connectivity index (χ2n) is 4.46. The van der Waals surface area contributed by atoms with Crippen molar-refractivity contribution in [3.63, 3.8) is 0 Å². The number of methoxy groups -OCH3 is 2. The quantitative estimate of drug-likeness (QED) is 0.689. The van der Waals surface area contributed by atoms with E-state index in [2.05, 4.69) is 4.90 Å². The Kier molecular flexibility index (Phi) is 8.03. The summed E-state index contributed by atoms with van der Waals surface area (Å²) in [5.41, 5.74) is 1.60. The lowest BCUT2D eigenvalue weighted by Crippen LogP contribution is -2.30. The van der Waals surface area contributed by atoms with E-state index in [1.165, 1.54) is 6.08 Å². The van der Waals surface area contributed by atoms with Gasteiger partial charge in [0.05, 0.1) is 13.2 Å². The second kappa shape index (κ2) is 9.81. The van der Waals surface area contributed by atoms with Gasteiger partial charge in [0.15, 0.2) is 0 Å². The first kappa shape index (κ1) is 18.0. The Morgan fingerprint density at radius 2 is 1.77 bits per heavy atom. The molecule has 116 valence electrons. The second-order valence-corrected chi connectivity index (χ2v) is 4.87. The number of benzene rings is 1. The highest BCUT2D eigenvalue weighted by Crippen LogP contribution is 2.25. The molecule has 6 heteroatoms. The fourth-order valence-electron chi connectivity index (χ4n) is 1.85. The zero-order valence-corrected chi connectivity index (χ0v) is 13.4. The third-order valence-electron chi connectivity index (χ3n) is 3.02. The maximum atomic E-state index is 8.80. The maximum absolute atomic E-state index is 8.80. The molecule has 1 aromatic carbocycles. The molecule has 0 saturated carbocycles. The lowest BCUT2D eigenvalue weighted by Gasteiger charge is -2.24. The Morgan fingerprint density at radius 1 is 1.18 bits per heavy atom. The molecule has 0 bridgehead atoms. The number of halogens is 1. The van der Waals surface area contributed by atoms with Gasteiger partial charge in [0.1, 0.15) is 17.7 Å². The molecule has 0 aliphatic carbocycles. The van der Waals surface area contributed by atoms with Gasteiger partial charge in [-0.25, -0.2) is 0 Å². The average Bonchev–Trinajstić information content (AvgIpc) is 2.54.